The molecule has 0 saturated heterocycles. The molecule has 0 saturated carbocycles. The number of nitrogens with one attached hydrogen (secondary N) is 1. The smallest absolute Gasteiger partial charge is 0.252 e. The third-order valence-electron chi connectivity index (χ3n) is 9.14. The Bertz CT molecular complexity index is 2000. The number of aromatic nitrogens is 1. The van der Waals surface area contributed by atoms with Crippen LogP contribution >= 0.6 is 0 Å². The van der Waals surface area contributed by atoms with Gasteiger partial charge in [0, 0.05) is 40.9 Å². The Hall–Kier alpha value is -5.03. The molecule has 5 aromatic carbocycles. The van der Waals surface area contributed by atoms with Crippen LogP contribution in [-0.2, 0) is 13.1 Å². The van der Waals surface area contributed by atoms with Gasteiger partial charge in [-0.15, -0.1) is 0 Å². The second kappa shape index (κ2) is 11.2. The molecule has 1 aliphatic carbocycles. The summed E-state index contributed by atoms with van der Waals surface area (Å²) in [5.74, 6) is 2.00. The van der Waals surface area contributed by atoms with Crippen molar-refractivity contribution >= 4 is 27.7 Å². The van der Waals surface area contributed by atoms with Gasteiger partial charge in [0.25, 0.3) is 5.91 Å². The average molecular weight is 579 g/mol. The summed E-state index contributed by atoms with van der Waals surface area (Å²) >= 11 is 0. The highest BCUT2D eigenvalue weighted by Crippen LogP contribution is 2.54. The third-order valence-corrected chi connectivity index (χ3v) is 9.14. The lowest BCUT2D eigenvalue weighted by molar-refractivity contribution is 0.0966. The molecule has 44 heavy (non-hydrogen) atoms. The minimum atomic E-state index is 0.0362. The number of aryl methyl sites for hydroxylation is 1. The van der Waals surface area contributed by atoms with Crippen molar-refractivity contribution in [1.29, 1.82) is 0 Å². The lowest BCUT2D eigenvalue weighted by atomic mass is 9.87. The summed E-state index contributed by atoms with van der Waals surface area (Å²) in [4.78, 5) is 13.5. The van der Waals surface area contributed by atoms with Crippen LogP contribution in [0.5, 0.6) is 11.5 Å². The van der Waals surface area contributed by atoms with Crippen LogP contribution in [0.3, 0.4) is 0 Å². The van der Waals surface area contributed by atoms with E-state index in [0.717, 1.165) is 54.0 Å². The van der Waals surface area contributed by atoms with Crippen molar-refractivity contribution in [1.82, 2.24) is 9.88 Å². The Morgan fingerprint density at radius 1 is 0.727 bits per heavy atom. The lowest BCUT2D eigenvalue weighted by Crippen LogP contribution is -2.13. The summed E-state index contributed by atoms with van der Waals surface area (Å²) in [6.45, 7) is 2.66. The van der Waals surface area contributed by atoms with Crippen molar-refractivity contribution < 1.29 is 14.3 Å². The number of fused-ring (bicyclic) bond motifs is 10. The summed E-state index contributed by atoms with van der Waals surface area (Å²) in [5, 5.41) is 5.61. The van der Waals surface area contributed by atoms with E-state index in [4.69, 9.17) is 9.47 Å². The predicted octanol–water partition coefficient (Wildman–Crippen LogP) is 8.48. The van der Waals surface area contributed by atoms with Crippen LogP contribution in [0, 0.1) is 0 Å². The van der Waals surface area contributed by atoms with Crippen molar-refractivity contribution in [3.05, 3.63) is 131 Å². The first kappa shape index (κ1) is 26.6. The van der Waals surface area contributed by atoms with Gasteiger partial charge in [-0.1, -0.05) is 78.9 Å². The molecule has 2 aliphatic rings. The van der Waals surface area contributed by atoms with Crippen molar-refractivity contribution in [2.24, 2.45) is 0 Å². The van der Waals surface area contributed by atoms with Crippen LogP contribution < -0.4 is 14.8 Å². The molecule has 1 amide bonds. The maximum Gasteiger partial charge on any atom is 0.252 e. The normalized spacial score (nSPS) is 14.8. The van der Waals surface area contributed by atoms with Gasteiger partial charge in [-0.25, -0.2) is 0 Å². The fourth-order valence-corrected chi connectivity index (χ4v) is 7.36. The lowest BCUT2D eigenvalue weighted by Gasteiger charge is -2.19. The number of hydrogen-bond acceptors (Lipinski definition) is 3. The largest absolute Gasteiger partial charge is 0.494 e. The number of amides is 1. The van der Waals surface area contributed by atoms with Crippen molar-refractivity contribution in [2.75, 3.05) is 13.2 Å². The quantitative estimate of drug-likeness (QED) is 0.166. The minimum Gasteiger partial charge on any atom is -0.494 e. The van der Waals surface area contributed by atoms with Gasteiger partial charge in [0.2, 0.25) is 0 Å². The molecular weight excluding hydrogens is 544 g/mol. The van der Waals surface area contributed by atoms with Crippen LogP contribution in [0.2, 0.25) is 0 Å². The molecule has 1 aliphatic heterocycles. The molecule has 5 nitrogen and oxygen atoms in total. The number of benzene rings is 5. The maximum absolute atomic E-state index is 13.5. The number of carbonyl (C=O) groups is 1. The van der Waals surface area contributed by atoms with Gasteiger partial charge in [0.1, 0.15) is 11.5 Å². The molecule has 5 heteroatoms. The van der Waals surface area contributed by atoms with Crippen molar-refractivity contribution in [2.45, 2.75) is 38.3 Å². The van der Waals surface area contributed by atoms with E-state index < -0.39 is 0 Å². The molecule has 0 spiro atoms. The highest BCUT2D eigenvalue weighted by atomic mass is 16.5. The predicted molar refractivity (Wildman–Crippen MR) is 176 cm³/mol. The molecule has 1 N–H and O–H groups in total. The minimum absolute atomic E-state index is 0.0362. The van der Waals surface area contributed by atoms with E-state index in [2.05, 4.69) is 58.4 Å². The number of nitrogens with zero attached hydrogens (tertiary/aromatic N) is 1. The van der Waals surface area contributed by atoms with E-state index in [9.17, 15) is 4.79 Å². The molecule has 0 radical (unpaired) electrons. The molecule has 2 heterocycles. The fourth-order valence-electron chi connectivity index (χ4n) is 7.36. The first-order valence-electron chi connectivity index (χ1n) is 15.6. The number of carbonyl (C=O) groups excluding carboxylic acids is 1. The Kier molecular flexibility index (Phi) is 6.79. The molecule has 6 aromatic rings. The average Bonchev–Trinajstić information content (AvgIpc) is 3.72. The van der Waals surface area contributed by atoms with Crippen LogP contribution in [0.4, 0.5) is 0 Å². The maximum atomic E-state index is 13.5. The van der Waals surface area contributed by atoms with E-state index in [1.54, 1.807) is 0 Å². The van der Waals surface area contributed by atoms with E-state index in [1.807, 2.05) is 60.7 Å². The van der Waals surface area contributed by atoms with Crippen molar-refractivity contribution in [3.8, 4) is 22.6 Å². The van der Waals surface area contributed by atoms with Gasteiger partial charge in [-0.05, 0) is 71.8 Å². The molecule has 0 fully saturated rings. The van der Waals surface area contributed by atoms with Gasteiger partial charge in [0.05, 0.1) is 24.3 Å². The standard InChI is InChI=1S/C39H34N2O3/c42-39-37-32(25-40-39)34-31-19-9-10-21-33(31)41(22-12-24-44-27-15-5-2-6-16-27)38(34)36-30(28-17-7-8-18-29(28)35(36)37)20-11-23-43-26-13-3-1-4-14-26/h1-10,13-19,21,30H,11-12,20,22-25H2,(H,40,42). The first-order valence-corrected chi connectivity index (χ1v) is 15.6. The summed E-state index contributed by atoms with van der Waals surface area (Å²) in [5.41, 5.74) is 9.37. The molecule has 1 aromatic heterocycles. The highest BCUT2D eigenvalue weighted by Gasteiger charge is 2.39. The Morgan fingerprint density at radius 3 is 2.16 bits per heavy atom. The van der Waals surface area contributed by atoms with Gasteiger partial charge >= 0.3 is 0 Å². The zero-order chi connectivity index (χ0) is 29.5. The van der Waals surface area contributed by atoms with E-state index >= 15 is 0 Å². The van der Waals surface area contributed by atoms with Gasteiger partial charge in [-0.3, -0.25) is 4.79 Å². The van der Waals surface area contributed by atoms with Crippen LogP contribution in [0.1, 0.15) is 52.2 Å². The second-order valence-electron chi connectivity index (χ2n) is 11.7. The topological polar surface area (TPSA) is 52.5 Å². The number of hydrogen-bond donors (Lipinski definition) is 1. The molecule has 1 atom stereocenters. The van der Waals surface area contributed by atoms with Gasteiger partial charge in [-0.2, -0.15) is 0 Å². The Balaban J connectivity index is 1.24. The molecule has 0 bridgehead atoms. The monoisotopic (exact) mass is 578 g/mol. The summed E-state index contributed by atoms with van der Waals surface area (Å²) in [6, 6.07) is 37.4. The van der Waals surface area contributed by atoms with Crippen LogP contribution in [0.15, 0.2) is 109 Å². The first-order chi connectivity index (χ1) is 21.8. The molecule has 1 unspecified atom stereocenters. The van der Waals surface area contributed by atoms with Gasteiger partial charge in [0.15, 0.2) is 0 Å². The Labute approximate surface area is 257 Å². The summed E-state index contributed by atoms with van der Waals surface area (Å²) in [6.07, 6.45) is 2.71. The summed E-state index contributed by atoms with van der Waals surface area (Å²) in [7, 11) is 0. The van der Waals surface area contributed by atoms with Crippen LogP contribution in [0.25, 0.3) is 32.9 Å². The fraction of sp³-hybridized carbons (Fsp3) is 0.205. The number of ether oxygens (including phenoxy) is 2. The second-order valence-corrected chi connectivity index (χ2v) is 11.7. The van der Waals surface area contributed by atoms with Crippen LogP contribution in [-0.4, -0.2) is 23.7 Å². The number of para-hydroxylation sites is 3. The van der Waals surface area contributed by atoms with E-state index in [-0.39, 0.29) is 11.8 Å². The molecule has 8 rings (SSSR count). The molecular formula is C39H34N2O3. The van der Waals surface area contributed by atoms with Crippen molar-refractivity contribution in [3.63, 3.8) is 0 Å². The third kappa shape index (κ3) is 4.43. The number of rotatable bonds is 10. The van der Waals surface area contributed by atoms with E-state index in [0.29, 0.717) is 19.8 Å². The summed E-state index contributed by atoms with van der Waals surface area (Å²) < 4.78 is 14.7. The van der Waals surface area contributed by atoms with E-state index in [1.165, 1.54) is 38.5 Å². The SMILES string of the molecule is O=C1NCc2c1c1c(c3c2c2ccccc2n3CCCOc2ccccc2)C(CCCOc2ccccc2)c2ccccc2-1. The zero-order valence-electron chi connectivity index (χ0n) is 24.6. The zero-order valence-corrected chi connectivity index (χ0v) is 24.6. The van der Waals surface area contributed by atoms with Gasteiger partial charge < -0.3 is 19.4 Å². The Morgan fingerprint density at radius 2 is 1.39 bits per heavy atom. The highest BCUT2D eigenvalue weighted by molar-refractivity contribution is 6.20. The molecule has 218 valence electrons.